The second kappa shape index (κ2) is 6.64. The molecule has 0 amide bonds. The number of rotatable bonds is 5. The molecule has 0 spiro atoms. The van der Waals surface area contributed by atoms with Gasteiger partial charge in [-0.05, 0) is 36.9 Å². The fraction of sp³-hybridized carbons (Fsp3) is 0.400. The lowest BCUT2D eigenvalue weighted by Gasteiger charge is -2.35. The summed E-state index contributed by atoms with van der Waals surface area (Å²) < 4.78 is 0. The van der Waals surface area contributed by atoms with E-state index in [2.05, 4.69) is 60.8 Å². The summed E-state index contributed by atoms with van der Waals surface area (Å²) in [5.74, 6) is 0. The molecule has 2 aromatic carbocycles. The summed E-state index contributed by atoms with van der Waals surface area (Å²) in [7, 11) is 0. The van der Waals surface area contributed by atoms with Gasteiger partial charge in [-0.25, -0.2) is 0 Å². The molecule has 1 fully saturated rings. The first kappa shape index (κ1) is 15.3. The van der Waals surface area contributed by atoms with Gasteiger partial charge in [0.1, 0.15) is 0 Å². The molecular weight excluding hydrogens is 270 g/mol. The molecule has 116 valence electrons. The highest BCUT2D eigenvalue weighted by molar-refractivity contribution is 5.38. The molecule has 2 heteroatoms. The van der Waals surface area contributed by atoms with Crippen LogP contribution in [0.2, 0.25) is 0 Å². The third kappa shape index (κ3) is 3.08. The van der Waals surface area contributed by atoms with Gasteiger partial charge in [-0.1, -0.05) is 67.6 Å². The first-order valence-corrected chi connectivity index (χ1v) is 8.23. The van der Waals surface area contributed by atoms with Crippen molar-refractivity contribution in [2.75, 3.05) is 6.54 Å². The van der Waals surface area contributed by atoms with Gasteiger partial charge < -0.3 is 10.4 Å². The van der Waals surface area contributed by atoms with E-state index < -0.39 is 0 Å². The van der Waals surface area contributed by atoms with Crippen molar-refractivity contribution >= 4 is 0 Å². The number of hydrogen-bond donors (Lipinski definition) is 2. The Morgan fingerprint density at radius 1 is 1.05 bits per heavy atom. The third-order valence-electron chi connectivity index (χ3n) is 5.00. The molecule has 2 nitrogen and oxygen atoms in total. The van der Waals surface area contributed by atoms with E-state index in [1.54, 1.807) is 0 Å². The van der Waals surface area contributed by atoms with Crippen molar-refractivity contribution < 1.29 is 5.11 Å². The molecule has 3 rings (SSSR count). The maximum Gasteiger partial charge on any atom is 0.0704 e. The molecule has 0 saturated carbocycles. The van der Waals surface area contributed by atoms with Gasteiger partial charge in [-0.2, -0.15) is 0 Å². The van der Waals surface area contributed by atoms with Crippen molar-refractivity contribution in [1.82, 2.24) is 5.32 Å². The molecule has 1 saturated heterocycles. The Morgan fingerprint density at radius 3 is 2.05 bits per heavy atom. The van der Waals surface area contributed by atoms with E-state index in [0.29, 0.717) is 0 Å². The van der Waals surface area contributed by atoms with Gasteiger partial charge >= 0.3 is 0 Å². The Labute approximate surface area is 133 Å². The summed E-state index contributed by atoms with van der Waals surface area (Å²) in [5.41, 5.74) is 2.35. The third-order valence-corrected chi connectivity index (χ3v) is 5.00. The van der Waals surface area contributed by atoms with Crippen LogP contribution in [0.4, 0.5) is 0 Å². The molecule has 1 heterocycles. The lowest BCUT2D eigenvalue weighted by atomic mass is 9.71. The number of hydrogen-bond acceptors (Lipinski definition) is 2. The van der Waals surface area contributed by atoms with Crippen LogP contribution < -0.4 is 5.32 Å². The molecule has 0 radical (unpaired) electrons. The fourth-order valence-electron chi connectivity index (χ4n) is 3.61. The van der Waals surface area contributed by atoms with Crippen molar-refractivity contribution in [3.63, 3.8) is 0 Å². The Kier molecular flexibility index (Phi) is 4.60. The zero-order valence-electron chi connectivity index (χ0n) is 13.2. The summed E-state index contributed by atoms with van der Waals surface area (Å²) in [6.45, 7) is 3.27. The van der Waals surface area contributed by atoms with Crippen LogP contribution in [0.5, 0.6) is 0 Å². The Bertz CT molecular complexity index is 536. The highest BCUT2D eigenvalue weighted by Gasteiger charge is 2.34. The smallest absolute Gasteiger partial charge is 0.0704 e. The largest absolute Gasteiger partial charge is 0.391 e. The first-order valence-electron chi connectivity index (χ1n) is 8.23. The van der Waals surface area contributed by atoms with E-state index in [1.165, 1.54) is 11.1 Å². The quantitative estimate of drug-likeness (QED) is 0.885. The molecule has 0 bridgehead atoms. The normalized spacial score (nSPS) is 20.0. The Balaban J connectivity index is 1.93. The van der Waals surface area contributed by atoms with E-state index >= 15 is 0 Å². The van der Waals surface area contributed by atoms with Gasteiger partial charge in [-0.3, -0.25) is 0 Å². The molecular formula is C20H25NO. The fourth-order valence-corrected chi connectivity index (χ4v) is 3.61. The molecule has 0 aromatic heterocycles. The van der Waals surface area contributed by atoms with Crippen LogP contribution in [0.15, 0.2) is 60.7 Å². The maximum absolute atomic E-state index is 10.7. The molecule has 2 aromatic rings. The molecule has 22 heavy (non-hydrogen) atoms. The van der Waals surface area contributed by atoms with Gasteiger partial charge in [0.05, 0.1) is 6.10 Å². The zero-order chi connectivity index (χ0) is 15.4. The highest BCUT2D eigenvalue weighted by atomic mass is 16.3. The van der Waals surface area contributed by atoms with E-state index in [9.17, 15) is 5.11 Å². The van der Waals surface area contributed by atoms with Gasteiger partial charge in [0.25, 0.3) is 0 Å². The van der Waals surface area contributed by atoms with Gasteiger partial charge in [0.2, 0.25) is 0 Å². The number of aliphatic hydroxyl groups excluding tert-OH is 1. The van der Waals surface area contributed by atoms with Crippen LogP contribution in [0.1, 0.15) is 37.3 Å². The summed E-state index contributed by atoms with van der Waals surface area (Å²) in [5, 5.41) is 14.2. The van der Waals surface area contributed by atoms with E-state index in [0.717, 1.165) is 25.8 Å². The van der Waals surface area contributed by atoms with Gasteiger partial charge in [0, 0.05) is 11.5 Å². The van der Waals surface area contributed by atoms with Crippen LogP contribution in [0.3, 0.4) is 0 Å². The van der Waals surface area contributed by atoms with Crippen molar-refractivity contribution in [2.45, 2.75) is 43.7 Å². The monoisotopic (exact) mass is 295 g/mol. The Morgan fingerprint density at radius 2 is 1.59 bits per heavy atom. The van der Waals surface area contributed by atoms with Crippen LogP contribution in [-0.2, 0) is 5.41 Å². The zero-order valence-corrected chi connectivity index (χ0v) is 13.2. The minimum atomic E-state index is -0.326. The van der Waals surface area contributed by atoms with Crippen LogP contribution in [0.25, 0.3) is 0 Å². The van der Waals surface area contributed by atoms with Gasteiger partial charge in [0.15, 0.2) is 0 Å². The Hall–Kier alpha value is -1.64. The van der Waals surface area contributed by atoms with E-state index in [-0.39, 0.29) is 17.6 Å². The molecule has 1 aliphatic rings. The van der Waals surface area contributed by atoms with E-state index in [1.807, 2.05) is 12.1 Å². The number of aliphatic hydroxyl groups is 1. The highest BCUT2D eigenvalue weighted by Crippen LogP contribution is 2.37. The SMILES string of the molecule is CC(C[C@@H](O)C1CCCN1)(c1ccccc1)c1ccccc1. The van der Waals surface area contributed by atoms with Crippen molar-refractivity contribution in [3.05, 3.63) is 71.8 Å². The predicted octanol–water partition coefficient (Wildman–Crippen LogP) is 3.50. The van der Waals surface area contributed by atoms with Crippen molar-refractivity contribution in [3.8, 4) is 0 Å². The lowest BCUT2D eigenvalue weighted by Crippen LogP contribution is -2.40. The lowest BCUT2D eigenvalue weighted by molar-refractivity contribution is 0.108. The molecule has 1 aliphatic heterocycles. The van der Waals surface area contributed by atoms with Crippen LogP contribution in [0, 0.1) is 0 Å². The van der Waals surface area contributed by atoms with Gasteiger partial charge in [-0.15, -0.1) is 0 Å². The molecule has 1 unspecified atom stereocenters. The second-order valence-electron chi connectivity index (χ2n) is 6.54. The van der Waals surface area contributed by atoms with E-state index in [4.69, 9.17) is 0 Å². The topological polar surface area (TPSA) is 32.3 Å². The summed E-state index contributed by atoms with van der Waals surface area (Å²) in [6, 6.07) is 21.3. The maximum atomic E-state index is 10.7. The summed E-state index contributed by atoms with van der Waals surface area (Å²) in [4.78, 5) is 0. The van der Waals surface area contributed by atoms with Crippen LogP contribution in [-0.4, -0.2) is 23.8 Å². The molecule has 2 atom stereocenters. The average molecular weight is 295 g/mol. The van der Waals surface area contributed by atoms with Crippen molar-refractivity contribution in [1.29, 1.82) is 0 Å². The average Bonchev–Trinajstić information content (AvgIpc) is 3.11. The molecule has 0 aliphatic carbocycles. The second-order valence-corrected chi connectivity index (χ2v) is 6.54. The molecule has 2 N–H and O–H groups in total. The summed E-state index contributed by atoms with van der Waals surface area (Å²) >= 11 is 0. The first-order chi connectivity index (χ1) is 10.7. The van der Waals surface area contributed by atoms with Crippen molar-refractivity contribution in [2.24, 2.45) is 0 Å². The minimum Gasteiger partial charge on any atom is -0.391 e. The predicted molar refractivity (Wildman–Crippen MR) is 91.0 cm³/mol. The minimum absolute atomic E-state index is 0.174. The number of nitrogens with one attached hydrogen (secondary N) is 1. The number of benzene rings is 2. The van der Waals surface area contributed by atoms with Crippen LogP contribution >= 0.6 is 0 Å². The summed E-state index contributed by atoms with van der Waals surface area (Å²) in [6.07, 6.45) is 2.64. The standard InChI is InChI=1S/C20H25NO/c1-20(16-9-4-2-5-10-16,17-11-6-3-7-12-17)15-19(22)18-13-8-14-21-18/h2-7,9-12,18-19,21-22H,8,13-15H2,1H3/t18?,19-/m1/s1.